The number of hydrogen-bond acceptors (Lipinski definition) is 5. The van der Waals surface area contributed by atoms with Gasteiger partial charge in [0.25, 0.3) is 0 Å². The van der Waals surface area contributed by atoms with Crippen molar-refractivity contribution in [2.24, 2.45) is 11.8 Å². The number of carbonyl (C=O) groups excluding carboxylic acids is 1. The van der Waals surface area contributed by atoms with Crippen LogP contribution in [0.5, 0.6) is 0 Å². The maximum absolute atomic E-state index is 13.1. The lowest BCUT2D eigenvalue weighted by atomic mass is 9.98. The van der Waals surface area contributed by atoms with Crippen molar-refractivity contribution >= 4 is 37.5 Å². The van der Waals surface area contributed by atoms with Crippen LogP contribution < -0.4 is 4.72 Å². The lowest BCUT2D eigenvalue weighted by molar-refractivity contribution is -0.135. The molecule has 1 aliphatic heterocycles. The topological polar surface area (TPSA) is 79.4 Å². The van der Waals surface area contributed by atoms with E-state index in [0.717, 1.165) is 28.1 Å². The van der Waals surface area contributed by atoms with Crippen LogP contribution in [0.3, 0.4) is 0 Å². The summed E-state index contributed by atoms with van der Waals surface area (Å²) in [6, 6.07) is 4.18. The Balaban J connectivity index is 1.84. The van der Waals surface area contributed by atoms with E-state index in [1.807, 2.05) is 25.7 Å². The summed E-state index contributed by atoms with van der Waals surface area (Å²) in [6.07, 6.45) is 2.55. The molecule has 154 valence electrons. The minimum absolute atomic E-state index is 0.112. The number of benzene rings is 1. The van der Waals surface area contributed by atoms with Gasteiger partial charge in [-0.1, -0.05) is 20.8 Å². The fourth-order valence-corrected chi connectivity index (χ4v) is 5.89. The van der Waals surface area contributed by atoms with Gasteiger partial charge < -0.3 is 4.90 Å². The van der Waals surface area contributed by atoms with Crippen LogP contribution in [-0.4, -0.2) is 43.3 Å². The smallest absolute Gasteiger partial charge is 0.241 e. The molecule has 1 fully saturated rings. The molecule has 2 heterocycles. The van der Waals surface area contributed by atoms with Crippen molar-refractivity contribution in [2.45, 2.75) is 57.9 Å². The molecule has 0 bridgehead atoms. The maximum atomic E-state index is 13.1. The molecule has 1 saturated heterocycles. The Morgan fingerprint density at radius 3 is 2.82 bits per heavy atom. The highest BCUT2D eigenvalue weighted by Crippen LogP contribution is 2.25. The lowest BCUT2D eigenvalue weighted by Gasteiger charge is -2.34. The number of aryl methyl sites for hydroxylation is 1. The maximum Gasteiger partial charge on any atom is 0.241 e. The zero-order valence-electron chi connectivity index (χ0n) is 16.9. The third kappa shape index (κ3) is 4.90. The molecule has 3 rings (SSSR count). The largest absolute Gasteiger partial charge is 0.341 e. The number of sulfonamides is 1. The van der Waals surface area contributed by atoms with Crippen molar-refractivity contribution in [2.75, 3.05) is 13.1 Å². The highest BCUT2D eigenvalue weighted by Gasteiger charge is 2.31. The van der Waals surface area contributed by atoms with E-state index in [1.54, 1.807) is 18.2 Å². The van der Waals surface area contributed by atoms with Gasteiger partial charge in [0.2, 0.25) is 15.9 Å². The summed E-state index contributed by atoms with van der Waals surface area (Å²) in [5.41, 5.74) is 0.790. The number of fused-ring (bicyclic) bond motifs is 1. The molecule has 1 N–H and O–H groups in total. The second-order valence-electron chi connectivity index (χ2n) is 8.20. The number of nitrogens with one attached hydrogen (secondary N) is 1. The number of amides is 1. The van der Waals surface area contributed by atoms with Gasteiger partial charge in [0, 0.05) is 13.1 Å². The Labute approximate surface area is 171 Å². The average Bonchev–Trinajstić information content (AvgIpc) is 2.99. The molecule has 0 radical (unpaired) electrons. The Morgan fingerprint density at radius 1 is 1.39 bits per heavy atom. The number of nitrogens with zero attached hydrogens (tertiary/aromatic N) is 2. The molecule has 1 aromatic heterocycles. The number of hydrogen-bond donors (Lipinski definition) is 1. The van der Waals surface area contributed by atoms with Gasteiger partial charge in [-0.05, 0) is 56.2 Å². The first-order chi connectivity index (χ1) is 13.2. The van der Waals surface area contributed by atoms with Gasteiger partial charge in [0.05, 0.1) is 20.1 Å². The summed E-state index contributed by atoms with van der Waals surface area (Å²) in [6.45, 7) is 9.42. The SMILES string of the molecule is Cc1nc2ccc(S(=O)(=O)N[C@H](CC(C)C)C(=O)N3CCC[C@H](C)C3)cc2s1. The third-order valence-electron chi connectivity index (χ3n) is 5.05. The van der Waals surface area contributed by atoms with E-state index >= 15 is 0 Å². The fraction of sp³-hybridized carbons (Fsp3) is 0.600. The van der Waals surface area contributed by atoms with Crippen molar-refractivity contribution in [1.29, 1.82) is 0 Å². The van der Waals surface area contributed by atoms with Gasteiger partial charge >= 0.3 is 0 Å². The summed E-state index contributed by atoms with van der Waals surface area (Å²) >= 11 is 1.46. The number of piperidine rings is 1. The Morgan fingerprint density at radius 2 is 2.14 bits per heavy atom. The minimum Gasteiger partial charge on any atom is -0.341 e. The van der Waals surface area contributed by atoms with Crippen molar-refractivity contribution < 1.29 is 13.2 Å². The van der Waals surface area contributed by atoms with E-state index in [2.05, 4.69) is 16.6 Å². The predicted octanol–water partition coefficient (Wildman–Crippen LogP) is 3.56. The third-order valence-corrected chi connectivity index (χ3v) is 7.45. The number of carbonyl (C=O) groups is 1. The quantitative estimate of drug-likeness (QED) is 0.770. The molecule has 1 aliphatic rings. The number of aromatic nitrogens is 1. The van der Waals surface area contributed by atoms with Gasteiger partial charge in [-0.2, -0.15) is 4.72 Å². The summed E-state index contributed by atoms with van der Waals surface area (Å²) in [5.74, 6) is 0.537. The Hall–Kier alpha value is -1.51. The minimum atomic E-state index is -3.80. The summed E-state index contributed by atoms with van der Waals surface area (Å²) in [7, 11) is -3.80. The van der Waals surface area contributed by atoms with Crippen LogP contribution in [0.4, 0.5) is 0 Å². The number of likely N-dealkylation sites (tertiary alicyclic amines) is 1. The molecule has 1 aromatic carbocycles. The second kappa shape index (κ2) is 8.47. The lowest BCUT2D eigenvalue weighted by Crippen LogP contribution is -2.51. The molecular formula is C20H29N3O3S2. The Bertz CT molecular complexity index is 953. The van der Waals surface area contributed by atoms with E-state index in [-0.39, 0.29) is 16.7 Å². The second-order valence-corrected chi connectivity index (χ2v) is 11.1. The van der Waals surface area contributed by atoms with E-state index in [0.29, 0.717) is 25.4 Å². The molecule has 0 unspecified atom stereocenters. The normalized spacial score (nSPS) is 19.3. The number of thiazole rings is 1. The zero-order chi connectivity index (χ0) is 20.5. The first kappa shape index (κ1) is 21.2. The molecule has 0 spiro atoms. The molecule has 8 heteroatoms. The summed E-state index contributed by atoms with van der Waals surface area (Å²) < 4.78 is 29.6. The number of rotatable bonds is 6. The van der Waals surface area contributed by atoms with Crippen LogP contribution in [-0.2, 0) is 14.8 Å². The molecular weight excluding hydrogens is 394 g/mol. The summed E-state index contributed by atoms with van der Waals surface area (Å²) in [5, 5.41) is 0.893. The van der Waals surface area contributed by atoms with Crippen LogP contribution in [0, 0.1) is 18.8 Å². The molecule has 0 aliphatic carbocycles. The standard InChI is InChI=1S/C20H29N3O3S2/c1-13(2)10-18(20(24)23-9-5-6-14(3)12-23)22-28(25,26)16-7-8-17-19(11-16)27-15(4)21-17/h7-8,11,13-14,18,22H,5-6,9-10,12H2,1-4H3/t14-,18+/m0/s1. The van der Waals surface area contributed by atoms with E-state index in [9.17, 15) is 13.2 Å². The molecule has 2 aromatic rings. The predicted molar refractivity (Wildman–Crippen MR) is 113 cm³/mol. The van der Waals surface area contributed by atoms with Crippen LogP contribution >= 0.6 is 11.3 Å². The van der Waals surface area contributed by atoms with Crippen molar-refractivity contribution in [3.63, 3.8) is 0 Å². The first-order valence-electron chi connectivity index (χ1n) is 9.84. The van der Waals surface area contributed by atoms with Gasteiger partial charge in [-0.15, -0.1) is 11.3 Å². The highest BCUT2D eigenvalue weighted by atomic mass is 32.2. The Kier molecular flexibility index (Phi) is 6.41. The molecule has 0 saturated carbocycles. The monoisotopic (exact) mass is 423 g/mol. The first-order valence-corrected chi connectivity index (χ1v) is 12.1. The van der Waals surface area contributed by atoms with Crippen molar-refractivity contribution in [3.05, 3.63) is 23.2 Å². The van der Waals surface area contributed by atoms with Gasteiger partial charge in [-0.25, -0.2) is 13.4 Å². The van der Waals surface area contributed by atoms with Crippen LogP contribution in [0.25, 0.3) is 10.2 Å². The van der Waals surface area contributed by atoms with E-state index in [1.165, 1.54) is 11.3 Å². The van der Waals surface area contributed by atoms with E-state index in [4.69, 9.17) is 0 Å². The van der Waals surface area contributed by atoms with Crippen molar-refractivity contribution in [3.8, 4) is 0 Å². The van der Waals surface area contributed by atoms with Crippen LogP contribution in [0.2, 0.25) is 0 Å². The van der Waals surface area contributed by atoms with Crippen molar-refractivity contribution in [1.82, 2.24) is 14.6 Å². The fourth-order valence-electron chi connectivity index (χ4n) is 3.72. The highest BCUT2D eigenvalue weighted by molar-refractivity contribution is 7.89. The van der Waals surface area contributed by atoms with Gasteiger partial charge in [-0.3, -0.25) is 4.79 Å². The average molecular weight is 424 g/mol. The summed E-state index contributed by atoms with van der Waals surface area (Å²) in [4.78, 5) is 19.5. The molecule has 1 amide bonds. The van der Waals surface area contributed by atoms with Crippen LogP contribution in [0.15, 0.2) is 23.1 Å². The molecule has 6 nitrogen and oxygen atoms in total. The zero-order valence-corrected chi connectivity index (χ0v) is 18.6. The van der Waals surface area contributed by atoms with Crippen LogP contribution in [0.1, 0.15) is 45.0 Å². The molecule has 2 atom stereocenters. The molecule has 28 heavy (non-hydrogen) atoms. The van der Waals surface area contributed by atoms with Gasteiger partial charge in [0.1, 0.15) is 6.04 Å². The van der Waals surface area contributed by atoms with Gasteiger partial charge in [0.15, 0.2) is 0 Å². The van der Waals surface area contributed by atoms with E-state index < -0.39 is 16.1 Å².